The Morgan fingerprint density at radius 3 is 1.80 bits per heavy atom. The number of carbonyl (C=O) groups is 2. The summed E-state index contributed by atoms with van der Waals surface area (Å²) in [5.74, 6) is -17.0. The van der Waals surface area contributed by atoms with E-state index in [9.17, 15) is 31.5 Å². The molecular weight excluding hydrogens is 291 g/mol. The summed E-state index contributed by atoms with van der Waals surface area (Å²) in [6, 6.07) is 0. The van der Waals surface area contributed by atoms with E-state index in [4.69, 9.17) is 10.2 Å². The molecule has 2 atom stereocenters. The maximum Gasteiger partial charge on any atom is 0.327 e. The molecule has 2 N–H and O–H groups in total. The van der Waals surface area contributed by atoms with Crippen LogP contribution in [0.5, 0.6) is 0 Å². The molecule has 0 aromatic rings. The number of carboxylic acids is 2. The zero-order chi connectivity index (χ0) is 16.1. The minimum Gasteiger partial charge on any atom is -0.480 e. The third kappa shape index (κ3) is 1.58. The molecule has 0 bridgehead atoms. The van der Waals surface area contributed by atoms with Crippen LogP contribution in [0.3, 0.4) is 0 Å². The molecule has 0 aromatic heterocycles. The second kappa shape index (κ2) is 4.29. The lowest BCUT2D eigenvalue weighted by atomic mass is 9.79. The highest BCUT2D eigenvalue weighted by Crippen LogP contribution is 2.65. The van der Waals surface area contributed by atoms with E-state index in [-0.39, 0.29) is 6.92 Å². The molecule has 0 spiro atoms. The van der Waals surface area contributed by atoms with Crippen molar-refractivity contribution < 1.29 is 41.8 Å². The minimum atomic E-state index is -5.25. The lowest BCUT2D eigenvalue weighted by Gasteiger charge is -2.38. The van der Waals surface area contributed by atoms with Crippen molar-refractivity contribution in [2.75, 3.05) is 0 Å². The molecule has 1 rings (SSSR count). The molecule has 2 unspecified atom stereocenters. The zero-order valence-corrected chi connectivity index (χ0v) is 10.6. The summed E-state index contributed by atoms with van der Waals surface area (Å²) >= 11 is 0. The molecule has 0 radical (unpaired) electrons. The van der Waals surface area contributed by atoms with Crippen molar-refractivity contribution in [3.8, 4) is 0 Å². The second-order valence-corrected chi connectivity index (χ2v) is 5.00. The predicted octanol–water partition coefficient (Wildman–Crippen LogP) is 2.57. The topological polar surface area (TPSA) is 74.6 Å². The molecular formula is C11H13F5O4. The van der Waals surface area contributed by atoms with E-state index >= 15 is 0 Å². The molecule has 1 aliphatic carbocycles. The maximum absolute atomic E-state index is 14.5. The third-order valence-corrected chi connectivity index (χ3v) is 3.97. The normalized spacial score (nSPS) is 32.0. The van der Waals surface area contributed by atoms with Crippen molar-refractivity contribution in [2.45, 2.75) is 44.2 Å². The van der Waals surface area contributed by atoms with Gasteiger partial charge in [-0.05, 0) is 12.8 Å². The Bertz CT molecular complexity index is 431. The van der Waals surface area contributed by atoms with Gasteiger partial charge in [0.25, 0.3) is 5.92 Å². The van der Waals surface area contributed by atoms with Crippen molar-refractivity contribution in [2.24, 2.45) is 11.3 Å². The third-order valence-electron chi connectivity index (χ3n) is 3.97. The van der Waals surface area contributed by atoms with Crippen molar-refractivity contribution in [3.05, 3.63) is 0 Å². The van der Waals surface area contributed by atoms with Crippen LogP contribution in [0.15, 0.2) is 0 Å². The Kier molecular flexibility index (Phi) is 3.57. The Morgan fingerprint density at radius 1 is 1.20 bits per heavy atom. The molecule has 0 aliphatic heterocycles. The van der Waals surface area contributed by atoms with Crippen molar-refractivity contribution in [1.82, 2.24) is 0 Å². The van der Waals surface area contributed by atoms with E-state index in [0.717, 1.165) is 6.92 Å². The standard InChI is InChI=1S/C11H13F5O4/c1-3-5-4-9(6(17)18,7(19)20)11(15,16)10(5,14)8(2,12)13/h5H,3-4H2,1-2H3,(H,17,18)(H,19,20). The lowest BCUT2D eigenvalue weighted by molar-refractivity contribution is -0.265. The van der Waals surface area contributed by atoms with E-state index in [1.807, 2.05) is 0 Å². The average Bonchev–Trinajstić information content (AvgIpc) is 2.45. The van der Waals surface area contributed by atoms with E-state index in [0.29, 0.717) is 0 Å². The molecule has 0 heterocycles. The van der Waals surface area contributed by atoms with Crippen LogP contribution in [-0.2, 0) is 9.59 Å². The number of halogens is 5. The second-order valence-electron chi connectivity index (χ2n) is 5.00. The van der Waals surface area contributed by atoms with Gasteiger partial charge in [0.1, 0.15) is 0 Å². The molecule has 0 saturated heterocycles. The number of rotatable bonds is 4. The van der Waals surface area contributed by atoms with E-state index in [2.05, 4.69) is 0 Å². The molecule has 0 aromatic carbocycles. The Hall–Kier alpha value is -1.41. The average molecular weight is 304 g/mol. The smallest absolute Gasteiger partial charge is 0.327 e. The van der Waals surface area contributed by atoms with Crippen molar-refractivity contribution in [1.29, 1.82) is 0 Å². The summed E-state index contributed by atoms with van der Waals surface area (Å²) < 4.78 is 69.5. The van der Waals surface area contributed by atoms with Crippen LogP contribution >= 0.6 is 0 Å². The molecule has 4 nitrogen and oxygen atoms in total. The monoisotopic (exact) mass is 304 g/mol. The number of hydrogen-bond donors (Lipinski definition) is 2. The van der Waals surface area contributed by atoms with Gasteiger partial charge in [-0.15, -0.1) is 0 Å². The van der Waals surface area contributed by atoms with Gasteiger partial charge in [-0.1, -0.05) is 6.92 Å². The molecule has 20 heavy (non-hydrogen) atoms. The number of aliphatic carboxylic acids is 2. The van der Waals surface area contributed by atoms with Gasteiger partial charge in [0.05, 0.1) is 0 Å². The first kappa shape index (κ1) is 16.6. The van der Waals surface area contributed by atoms with Gasteiger partial charge in [0.15, 0.2) is 0 Å². The molecule has 1 fully saturated rings. The van der Waals surface area contributed by atoms with Crippen LogP contribution in [0, 0.1) is 11.3 Å². The van der Waals surface area contributed by atoms with Crippen LogP contribution in [0.4, 0.5) is 22.0 Å². The molecule has 1 saturated carbocycles. The highest BCUT2D eigenvalue weighted by atomic mass is 19.3. The van der Waals surface area contributed by atoms with Crippen LogP contribution in [0.2, 0.25) is 0 Å². The molecule has 1 aliphatic rings. The molecule has 9 heteroatoms. The minimum absolute atomic E-state index is 0.108. The Labute approximate surface area is 110 Å². The van der Waals surface area contributed by atoms with Gasteiger partial charge in [-0.3, -0.25) is 9.59 Å². The van der Waals surface area contributed by atoms with Gasteiger partial charge >= 0.3 is 17.9 Å². The fourth-order valence-corrected chi connectivity index (χ4v) is 2.80. The number of carboxylic acid groups (broad SMARTS) is 2. The highest BCUT2D eigenvalue weighted by molar-refractivity contribution is 6.00. The summed E-state index contributed by atoms with van der Waals surface area (Å²) in [6.07, 6.45) is -1.95. The van der Waals surface area contributed by atoms with Crippen molar-refractivity contribution >= 4 is 11.9 Å². The Balaban J connectivity index is 3.67. The van der Waals surface area contributed by atoms with Gasteiger partial charge in [0, 0.05) is 12.8 Å². The first-order valence-electron chi connectivity index (χ1n) is 5.72. The number of hydrogen-bond acceptors (Lipinski definition) is 2. The van der Waals surface area contributed by atoms with E-state index < -0.39 is 53.6 Å². The SMILES string of the molecule is CCC1CC(C(=O)O)(C(=O)O)C(F)(F)C1(F)C(C)(F)F. The van der Waals surface area contributed by atoms with Gasteiger partial charge < -0.3 is 10.2 Å². The Morgan fingerprint density at radius 2 is 1.60 bits per heavy atom. The largest absolute Gasteiger partial charge is 0.480 e. The van der Waals surface area contributed by atoms with E-state index in [1.54, 1.807) is 0 Å². The van der Waals surface area contributed by atoms with Crippen LogP contribution < -0.4 is 0 Å². The highest BCUT2D eigenvalue weighted by Gasteiger charge is 2.87. The lowest BCUT2D eigenvalue weighted by Crippen LogP contribution is -2.63. The summed E-state index contributed by atoms with van der Waals surface area (Å²) in [6.45, 7) is 1.00. The van der Waals surface area contributed by atoms with Gasteiger partial charge in [-0.2, -0.15) is 0 Å². The summed E-state index contributed by atoms with van der Waals surface area (Å²) in [7, 11) is 0. The summed E-state index contributed by atoms with van der Waals surface area (Å²) in [4.78, 5) is 22.0. The van der Waals surface area contributed by atoms with Gasteiger partial charge in [-0.25, -0.2) is 22.0 Å². The van der Waals surface area contributed by atoms with E-state index in [1.165, 1.54) is 0 Å². The van der Waals surface area contributed by atoms with Crippen LogP contribution in [-0.4, -0.2) is 39.7 Å². The summed E-state index contributed by atoms with van der Waals surface area (Å²) in [5.41, 5.74) is -8.44. The zero-order valence-electron chi connectivity index (χ0n) is 10.6. The summed E-state index contributed by atoms with van der Waals surface area (Å²) in [5, 5.41) is 17.6. The first-order valence-corrected chi connectivity index (χ1v) is 5.72. The van der Waals surface area contributed by atoms with Crippen molar-refractivity contribution in [3.63, 3.8) is 0 Å². The predicted molar refractivity (Wildman–Crippen MR) is 55.5 cm³/mol. The fourth-order valence-electron chi connectivity index (χ4n) is 2.80. The maximum atomic E-state index is 14.5. The van der Waals surface area contributed by atoms with Crippen LogP contribution in [0.25, 0.3) is 0 Å². The number of alkyl halides is 5. The fraction of sp³-hybridized carbons (Fsp3) is 0.818. The molecule has 116 valence electrons. The van der Waals surface area contributed by atoms with Crippen LogP contribution in [0.1, 0.15) is 26.7 Å². The van der Waals surface area contributed by atoms with Gasteiger partial charge in [0.2, 0.25) is 11.1 Å². The first-order chi connectivity index (χ1) is 8.80. The quantitative estimate of drug-likeness (QED) is 0.618. The molecule has 0 amide bonds.